The molecule has 0 radical (unpaired) electrons. The lowest BCUT2D eigenvalue weighted by Gasteiger charge is -2.06. The average Bonchev–Trinajstić information content (AvgIpc) is 2.18. The molecule has 2 N–H and O–H groups in total. The lowest BCUT2D eigenvalue weighted by atomic mass is 10.1. The highest BCUT2D eigenvalue weighted by atomic mass is 16.1. The summed E-state index contributed by atoms with van der Waals surface area (Å²) >= 11 is 0. The minimum atomic E-state index is -0.417. The molecule has 1 aromatic heterocycles. The summed E-state index contributed by atoms with van der Waals surface area (Å²) in [7, 11) is 0. The highest BCUT2D eigenvalue weighted by Gasteiger charge is 2.08. The highest BCUT2D eigenvalue weighted by Crippen LogP contribution is 2.11. The van der Waals surface area contributed by atoms with Gasteiger partial charge in [-0.15, -0.1) is 0 Å². The van der Waals surface area contributed by atoms with Gasteiger partial charge in [0.05, 0.1) is 24.2 Å². The molecule has 1 atom stereocenters. The Bertz CT molecular complexity index is 381. The van der Waals surface area contributed by atoms with Crippen LogP contribution in [0.1, 0.15) is 35.6 Å². The highest BCUT2D eigenvalue weighted by molar-refractivity contribution is 5.92. The first kappa shape index (κ1) is 10.4. The van der Waals surface area contributed by atoms with Crippen LogP contribution in [-0.2, 0) is 0 Å². The van der Waals surface area contributed by atoms with Gasteiger partial charge in [0.25, 0.3) is 0 Å². The van der Waals surface area contributed by atoms with Gasteiger partial charge in [-0.05, 0) is 12.1 Å². The lowest BCUT2D eigenvalue weighted by molar-refractivity contribution is 0.101. The Morgan fingerprint density at radius 1 is 1.71 bits per heavy atom. The fraction of sp³-hybridized carbons (Fsp3) is 0.300. The van der Waals surface area contributed by atoms with E-state index >= 15 is 0 Å². The molecule has 0 spiro atoms. The van der Waals surface area contributed by atoms with Gasteiger partial charge >= 0.3 is 0 Å². The van der Waals surface area contributed by atoms with Crippen molar-refractivity contribution in [3.8, 4) is 6.07 Å². The second-order valence-corrected chi connectivity index (χ2v) is 2.97. The first-order valence-corrected chi connectivity index (χ1v) is 4.25. The number of nitrogens with two attached hydrogens (primary N) is 1. The van der Waals surface area contributed by atoms with Gasteiger partial charge in [0.15, 0.2) is 5.78 Å². The number of carbonyl (C=O) groups excluding carboxylic acids is 1. The van der Waals surface area contributed by atoms with E-state index in [-0.39, 0.29) is 12.2 Å². The Hall–Kier alpha value is -1.73. The number of pyridine rings is 1. The van der Waals surface area contributed by atoms with Crippen molar-refractivity contribution in [3.63, 3.8) is 0 Å². The van der Waals surface area contributed by atoms with E-state index in [0.29, 0.717) is 11.4 Å². The largest absolute Gasteiger partial charge is 0.322 e. The van der Waals surface area contributed by atoms with Crippen molar-refractivity contribution in [2.75, 3.05) is 0 Å². The van der Waals surface area contributed by atoms with E-state index in [0.717, 1.165) is 0 Å². The van der Waals surface area contributed by atoms with Crippen molar-refractivity contribution >= 4 is 5.78 Å². The van der Waals surface area contributed by atoms with Crippen LogP contribution in [0, 0.1) is 11.3 Å². The Kier molecular flexibility index (Phi) is 3.32. The van der Waals surface area contributed by atoms with Gasteiger partial charge < -0.3 is 5.73 Å². The van der Waals surface area contributed by atoms with Crippen LogP contribution in [0.25, 0.3) is 0 Å². The molecule has 0 aliphatic heterocycles. The van der Waals surface area contributed by atoms with Crippen LogP contribution in [0.5, 0.6) is 0 Å². The lowest BCUT2D eigenvalue weighted by Crippen LogP contribution is -2.12. The maximum Gasteiger partial charge on any atom is 0.178 e. The Balaban J connectivity index is 2.94. The predicted molar refractivity (Wildman–Crippen MR) is 51.4 cm³/mol. The fourth-order valence-corrected chi connectivity index (χ4v) is 1.06. The summed E-state index contributed by atoms with van der Waals surface area (Å²) in [6.07, 6.45) is 0.203. The number of hydrogen-bond donors (Lipinski definition) is 1. The van der Waals surface area contributed by atoms with E-state index in [1.165, 1.54) is 6.92 Å². The molecule has 0 saturated carbocycles. The van der Waals surface area contributed by atoms with E-state index in [9.17, 15) is 4.79 Å². The van der Waals surface area contributed by atoms with E-state index in [2.05, 4.69) is 4.98 Å². The first-order chi connectivity index (χ1) is 6.65. The van der Waals surface area contributed by atoms with Crippen LogP contribution in [-0.4, -0.2) is 10.8 Å². The van der Waals surface area contributed by atoms with Gasteiger partial charge in [0.2, 0.25) is 0 Å². The molecule has 4 heteroatoms. The van der Waals surface area contributed by atoms with Gasteiger partial charge in [-0.1, -0.05) is 6.07 Å². The monoisotopic (exact) mass is 189 g/mol. The van der Waals surface area contributed by atoms with Crippen LogP contribution in [0.3, 0.4) is 0 Å². The minimum absolute atomic E-state index is 0.101. The molecule has 14 heavy (non-hydrogen) atoms. The topological polar surface area (TPSA) is 79.8 Å². The minimum Gasteiger partial charge on any atom is -0.322 e. The normalized spacial score (nSPS) is 11.8. The molecule has 0 saturated heterocycles. The van der Waals surface area contributed by atoms with Crippen LogP contribution in [0.15, 0.2) is 18.2 Å². The number of nitrogens with zero attached hydrogens (tertiary/aromatic N) is 2. The summed E-state index contributed by atoms with van der Waals surface area (Å²) in [5.41, 5.74) is 6.65. The molecule has 0 aliphatic rings. The van der Waals surface area contributed by atoms with Crippen molar-refractivity contribution in [2.45, 2.75) is 19.4 Å². The SMILES string of the molecule is CC(=O)c1cccc([C@@H](N)CC#N)n1. The van der Waals surface area contributed by atoms with Crippen molar-refractivity contribution in [1.82, 2.24) is 4.98 Å². The van der Waals surface area contributed by atoms with Gasteiger partial charge in [-0.2, -0.15) is 5.26 Å². The standard InChI is InChI=1S/C10H11N3O/c1-7(14)9-3-2-4-10(13-9)8(12)5-6-11/h2-4,8H,5,12H2,1H3/t8-/m0/s1. The van der Waals surface area contributed by atoms with Crippen molar-refractivity contribution in [1.29, 1.82) is 5.26 Å². The molecule has 72 valence electrons. The third-order valence-electron chi connectivity index (χ3n) is 1.82. The quantitative estimate of drug-likeness (QED) is 0.724. The summed E-state index contributed by atoms with van der Waals surface area (Å²) in [6, 6.07) is 6.61. The number of nitriles is 1. The fourth-order valence-electron chi connectivity index (χ4n) is 1.06. The van der Waals surface area contributed by atoms with Crippen LogP contribution < -0.4 is 5.73 Å². The van der Waals surface area contributed by atoms with Crippen LogP contribution >= 0.6 is 0 Å². The number of ketones is 1. The summed E-state index contributed by atoms with van der Waals surface area (Å²) < 4.78 is 0. The summed E-state index contributed by atoms with van der Waals surface area (Å²) in [5.74, 6) is -0.101. The maximum atomic E-state index is 11.0. The second kappa shape index (κ2) is 4.49. The molecule has 0 aliphatic carbocycles. The molecule has 0 aromatic carbocycles. The van der Waals surface area contributed by atoms with Crippen LogP contribution in [0.2, 0.25) is 0 Å². The molecular weight excluding hydrogens is 178 g/mol. The maximum absolute atomic E-state index is 11.0. The molecule has 1 rings (SSSR count). The molecular formula is C10H11N3O. The zero-order valence-electron chi connectivity index (χ0n) is 7.90. The molecule has 0 fully saturated rings. The second-order valence-electron chi connectivity index (χ2n) is 2.97. The number of Topliss-reactive ketones (excluding diaryl/α,β-unsaturated/α-hetero) is 1. The molecule has 0 unspecified atom stereocenters. The third kappa shape index (κ3) is 2.38. The van der Waals surface area contributed by atoms with Crippen LogP contribution in [0.4, 0.5) is 0 Å². The zero-order valence-corrected chi connectivity index (χ0v) is 7.90. The Morgan fingerprint density at radius 3 is 3.00 bits per heavy atom. The Morgan fingerprint density at radius 2 is 2.43 bits per heavy atom. The number of rotatable bonds is 3. The summed E-state index contributed by atoms with van der Waals surface area (Å²) in [6.45, 7) is 1.45. The van der Waals surface area contributed by atoms with E-state index in [4.69, 9.17) is 11.0 Å². The first-order valence-electron chi connectivity index (χ1n) is 4.25. The molecule has 4 nitrogen and oxygen atoms in total. The molecule has 0 amide bonds. The van der Waals surface area contributed by atoms with Gasteiger partial charge in [-0.25, -0.2) is 4.98 Å². The van der Waals surface area contributed by atoms with Gasteiger partial charge in [0, 0.05) is 6.92 Å². The smallest absolute Gasteiger partial charge is 0.178 e. The molecule has 1 aromatic rings. The molecule has 1 heterocycles. The van der Waals surface area contributed by atoms with E-state index < -0.39 is 6.04 Å². The van der Waals surface area contributed by atoms with Gasteiger partial charge in [0.1, 0.15) is 5.69 Å². The predicted octanol–water partition coefficient (Wildman–Crippen LogP) is 1.20. The van der Waals surface area contributed by atoms with Crippen molar-refractivity contribution in [3.05, 3.63) is 29.6 Å². The summed E-state index contributed by atoms with van der Waals surface area (Å²) in [5, 5.41) is 8.45. The number of aromatic nitrogens is 1. The number of carbonyl (C=O) groups is 1. The van der Waals surface area contributed by atoms with Crippen molar-refractivity contribution in [2.24, 2.45) is 5.73 Å². The third-order valence-corrected chi connectivity index (χ3v) is 1.82. The Labute approximate surface area is 82.4 Å². The average molecular weight is 189 g/mol. The van der Waals surface area contributed by atoms with E-state index in [1.807, 2.05) is 6.07 Å². The zero-order chi connectivity index (χ0) is 10.6. The van der Waals surface area contributed by atoms with E-state index in [1.54, 1.807) is 18.2 Å². The summed E-state index contributed by atoms with van der Waals surface area (Å²) in [4.78, 5) is 15.1. The molecule has 0 bridgehead atoms. The number of hydrogen-bond acceptors (Lipinski definition) is 4. The van der Waals surface area contributed by atoms with Gasteiger partial charge in [-0.3, -0.25) is 4.79 Å². The van der Waals surface area contributed by atoms with Crippen molar-refractivity contribution < 1.29 is 4.79 Å².